The number of nitrogens with zero attached hydrogens (tertiary/aromatic N) is 1. The highest BCUT2D eigenvalue weighted by atomic mass is 19.1. The summed E-state index contributed by atoms with van der Waals surface area (Å²) in [5.74, 6) is -2.34. The minimum atomic E-state index is -0.904. The molecule has 1 amide bonds. The van der Waals surface area contributed by atoms with Gasteiger partial charge in [-0.05, 0) is 46.3 Å². The fourth-order valence-electron chi connectivity index (χ4n) is 1.78. The maximum absolute atomic E-state index is 13.5. The highest BCUT2D eigenvalue weighted by Gasteiger charge is 2.14. The third-order valence-corrected chi connectivity index (χ3v) is 3.44. The molecule has 0 aromatic heterocycles. The Hall–Kier alpha value is -1.69. The number of halogens is 2. The summed E-state index contributed by atoms with van der Waals surface area (Å²) in [5.41, 5.74) is 4.87. The average Bonchev–Trinajstić information content (AvgIpc) is 2.41. The standard InChI is InChI=1S/C15H23F2N3O/c1-10(2)20(3)7-5-4-6-19-15(21)11-8-14(18)13(17)9-12(11)16/h8-10H,4-7,18H2,1-3H3,(H,19,21). The molecule has 0 saturated heterocycles. The summed E-state index contributed by atoms with van der Waals surface area (Å²) in [4.78, 5) is 14.0. The second-order valence-corrected chi connectivity index (χ2v) is 5.39. The van der Waals surface area contributed by atoms with Gasteiger partial charge in [-0.1, -0.05) is 0 Å². The lowest BCUT2D eigenvalue weighted by Crippen LogP contribution is -2.29. The number of nitrogens with one attached hydrogen (secondary N) is 1. The Balaban J connectivity index is 2.40. The van der Waals surface area contributed by atoms with Crippen LogP contribution in [0, 0.1) is 11.6 Å². The van der Waals surface area contributed by atoms with Gasteiger partial charge in [0.25, 0.3) is 5.91 Å². The number of nitrogen functional groups attached to an aromatic ring is 1. The molecule has 118 valence electrons. The van der Waals surface area contributed by atoms with Crippen molar-refractivity contribution in [1.82, 2.24) is 10.2 Å². The maximum Gasteiger partial charge on any atom is 0.254 e. The molecule has 4 nitrogen and oxygen atoms in total. The first-order chi connectivity index (χ1) is 9.82. The SMILES string of the molecule is CC(C)N(C)CCCCNC(=O)c1cc(N)c(F)cc1F. The van der Waals surface area contributed by atoms with Crippen molar-refractivity contribution in [3.8, 4) is 0 Å². The van der Waals surface area contributed by atoms with Crippen molar-refractivity contribution in [2.24, 2.45) is 0 Å². The molecular weight excluding hydrogens is 276 g/mol. The highest BCUT2D eigenvalue weighted by molar-refractivity contribution is 5.95. The molecule has 0 aliphatic heterocycles. The summed E-state index contributed by atoms with van der Waals surface area (Å²) in [6.45, 7) is 5.61. The van der Waals surface area contributed by atoms with Crippen LogP contribution in [-0.2, 0) is 0 Å². The van der Waals surface area contributed by atoms with E-state index in [1.54, 1.807) is 0 Å². The molecule has 0 bridgehead atoms. The summed E-state index contributed by atoms with van der Waals surface area (Å²) >= 11 is 0. The number of nitrogens with two attached hydrogens (primary N) is 1. The van der Waals surface area contributed by atoms with Gasteiger partial charge in [0.05, 0.1) is 11.3 Å². The number of unbranched alkanes of at least 4 members (excludes halogenated alkanes) is 1. The minimum Gasteiger partial charge on any atom is -0.396 e. The molecule has 0 atom stereocenters. The fraction of sp³-hybridized carbons (Fsp3) is 0.533. The highest BCUT2D eigenvalue weighted by Crippen LogP contribution is 2.16. The predicted octanol–water partition coefficient (Wildman–Crippen LogP) is 2.40. The van der Waals surface area contributed by atoms with E-state index in [1.165, 1.54) is 0 Å². The van der Waals surface area contributed by atoms with E-state index in [1.807, 2.05) is 7.05 Å². The van der Waals surface area contributed by atoms with Crippen LogP contribution in [0.4, 0.5) is 14.5 Å². The first-order valence-corrected chi connectivity index (χ1v) is 7.06. The Morgan fingerprint density at radius 3 is 2.57 bits per heavy atom. The number of carbonyl (C=O) groups is 1. The molecule has 0 spiro atoms. The number of hydrogen-bond acceptors (Lipinski definition) is 3. The number of hydrogen-bond donors (Lipinski definition) is 2. The first-order valence-electron chi connectivity index (χ1n) is 7.06. The van der Waals surface area contributed by atoms with Crippen molar-refractivity contribution in [1.29, 1.82) is 0 Å². The van der Waals surface area contributed by atoms with Crippen LogP contribution in [-0.4, -0.2) is 37.0 Å². The molecule has 0 aliphatic rings. The van der Waals surface area contributed by atoms with Crippen molar-refractivity contribution in [2.75, 3.05) is 25.9 Å². The predicted molar refractivity (Wildman–Crippen MR) is 80.1 cm³/mol. The quantitative estimate of drug-likeness (QED) is 0.600. The van der Waals surface area contributed by atoms with E-state index < -0.39 is 17.5 Å². The Kier molecular flexibility index (Phi) is 6.55. The normalized spacial score (nSPS) is 11.2. The lowest BCUT2D eigenvalue weighted by molar-refractivity contribution is 0.0948. The van der Waals surface area contributed by atoms with Crippen LogP contribution in [0.3, 0.4) is 0 Å². The van der Waals surface area contributed by atoms with Crippen molar-refractivity contribution in [3.05, 3.63) is 29.3 Å². The molecule has 0 fully saturated rings. The van der Waals surface area contributed by atoms with Crippen LogP contribution in [0.5, 0.6) is 0 Å². The fourth-order valence-corrected chi connectivity index (χ4v) is 1.78. The smallest absolute Gasteiger partial charge is 0.254 e. The van der Waals surface area contributed by atoms with Crippen molar-refractivity contribution >= 4 is 11.6 Å². The molecule has 21 heavy (non-hydrogen) atoms. The van der Waals surface area contributed by atoms with E-state index in [-0.39, 0.29) is 11.3 Å². The Morgan fingerprint density at radius 1 is 1.29 bits per heavy atom. The lowest BCUT2D eigenvalue weighted by atomic mass is 10.1. The summed E-state index contributed by atoms with van der Waals surface area (Å²) in [5, 5.41) is 2.61. The monoisotopic (exact) mass is 299 g/mol. The van der Waals surface area contributed by atoms with Gasteiger partial charge in [-0.2, -0.15) is 0 Å². The molecule has 1 rings (SSSR count). The summed E-state index contributed by atoms with van der Waals surface area (Å²) in [6, 6.07) is 2.13. The van der Waals surface area contributed by atoms with Crippen molar-refractivity contribution in [3.63, 3.8) is 0 Å². The van der Waals surface area contributed by atoms with E-state index in [9.17, 15) is 13.6 Å². The minimum absolute atomic E-state index is 0.229. The molecule has 0 unspecified atom stereocenters. The molecule has 1 aromatic carbocycles. The maximum atomic E-state index is 13.5. The Labute approximate surface area is 124 Å². The van der Waals surface area contributed by atoms with Gasteiger partial charge in [0.1, 0.15) is 11.6 Å². The second kappa shape index (κ2) is 7.93. The molecule has 0 aliphatic carbocycles. The summed E-state index contributed by atoms with van der Waals surface area (Å²) in [6.07, 6.45) is 1.73. The summed E-state index contributed by atoms with van der Waals surface area (Å²) in [7, 11) is 2.04. The third-order valence-electron chi connectivity index (χ3n) is 3.44. The summed E-state index contributed by atoms with van der Waals surface area (Å²) < 4.78 is 26.5. The molecule has 0 heterocycles. The van der Waals surface area contributed by atoms with E-state index in [4.69, 9.17) is 5.73 Å². The number of benzene rings is 1. The van der Waals surface area contributed by atoms with Crippen LogP contribution in [0.1, 0.15) is 37.0 Å². The molecule has 1 aromatic rings. The zero-order valence-electron chi connectivity index (χ0n) is 12.7. The van der Waals surface area contributed by atoms with Gasteiger partial charge in [0, 0.05) is 18.7 Å². The van der Waals surface area contributed by atoms with Gasteiger partial charge < -0.3 is 16.0 Å². The van der Waals surface area contributed by atoms with Crippen LogP contribution in [0.15, 0.2) is 12.1 Å². The molecule has 0 radical (unpaired) electrons. The van der Waals surface area contributed by atoms with Crippen LogP contribution in [0.2, 0.25) is 0 Å². The van der Waals surface area contributed by atoms with Gasteiger partial charge >= 0.3 is 0 Å². The van der Waals surface area contributed by atoms with E-state index in [0.717, 1.165) is 25.5 Å². The van der Waals surface area contributed by atoms with E-state index in [2.05, 4.69) is 24.1 Å². The molecule has 3 N–H and O–H groups in total. The van der Waals surface area contributed by atoms with Crippen LogP contribution < -0.4 is 11.1 Å². The Bertz CT molecular complexity index is 492. The molecule has 0 saturated carbocycles. The van der Waals surface area contributed by atoms with Gasteiger partial charge in [-0.3, -0.25) is 4.79 Å². The zero-order valence-corrected chi connectivity index (χ0v) is 12.7. The molecule has 6 heteroatoms. The van der Waals surface area contributed by atoms with Gasteiger partial charge in [0.2, 0.25) is 0 Å². The Morgan fingerprint density at radius 2 is 1.95 bits per heavy atom. The van der Waals surface area contributed by atoms with Crippen LogP contribution >= 0.6 is 0 Å². The largest absolute Gasteiger partial charge is 0.396 e. The van der Waals surface area contributed by atoms with E-state index >= 15 is 0 Å². The van der Waals surface area contributed by atoms with Crippen molar-refractivity contribution < 1.29 is 13.6 Å². The van der Waals surface area contributed by atoms with Crippen molar-refractivity contribution in [2.45, 2.75) is 32.7 Å². The van der Waals surface area contributed by atoms with E-state index in [0.29, 0.717) is 18.7 Å². The van der Waals surface area contributed by atoms with Gasteiger partial charge in [-0.15, -0.1) is 0 Å². The molecular formula is C15H23F2N3O. The van der Waals surface area contributed by atoms with Gasteiger partial charge in [-0.25, -0.2) is 8.78 Å². The first kappa shape index (κ1) is 17.4. The topological polar surface area (TPSA) is 58.4 Å². The van der Waals surface area contributed by atoms with Crippen LogP contribution in [0.25, 0.3) is 0 Å². The second-order valence-electron chi connectivity index (χ2n) is 5.39. The number of rotatable bonds is 7. The average molecular weight is 299 g/mol. The number of anilines is 1. The third kappa shape index (κ3) is 5.30. The zero-order chi connectivity index (χ0) is 16.0. The number of carbonyl (C=O) groups excluding carboxylic acids is 1. The van der Waals surface area contributed by atoms with Gasteiger partial charge in [0.15, 0.2) is 0 Å². The lowest BCUT2D eigenvalue weighted by Gasteiger charge is -2.20. The number of amides is 1.